The molecule has 0 N–H and O–H groups in total. The number of hydrogen-bond donors (Lipinski definition) is 0. The molecule has 0 saturated carbocycles. The van der Waals surface area contributed by atoms with Crippen molar-refractivity contribution in [2.75, 3.05) is 26.2 Å². The normalized spacial score (nSPS) is 14.6. The van der Waals surface area contributed by atoms with E-state index in [0.29, 0.717) is 5.56 Å². The van der Waals surface area contributed by atoms with E-state index in [0.717, 1.165) is 61.8 Å². The fourth-order valence-electron chi connectivity index (χ4n) is 5.25. The molecule has 1 aromatic heterocycles. The van der Waals surface area contributed by atoms with Gasteiger partial charge in [-0.1, -0.05) is 84.9 Å². The summed E-state index contributed by atoms with van der Waals surface area (Å²) in [5.41, 5.74) is 7.02. The summed E-state index contributed by atoms with van der Waals surface area (Å²) in [5, 5.41) is 4.76. The molecule has 2 heterocycles. The molecule has 38 heavy (non-hydrogen) atoms. The van der Waals surface area contributed by atoms with Crippen LogP contribution in [0.1, 0.15) is 11.1 Å². The number of aromatic nitrogens is 2. The van der Waals surface area contributed by atoms with Crippen LogP contribution >= 0.6 is 0 Å². The highest BCUT2D eigenvalue weighted by atomic mass is 19.1. The molecule has 0 radical (unpaired) electrons. The Morgan fingerprint density at radius 3 is 1.87 bits per heavy atom. The lowest BCUT2D eigenvalue weighted by Crippen LogP contribution is -2.45. The van der Waals surface area contributed by atoms with Crippen LogP contribution in [0.15, 0.2) is 115 Å². The third-order valence-corrected chi connectivity index (χ3v) is 7.30. The van der Waals surface area contributed by atoms with Crippen LogP contribution in [-0.4, -0.2) is 45.8 Å². The van der Waals surface area contributed by atoms with Crippen LogP contribution < -0.4 is 0 Å². The van der Waals surface area contributed by atoms with E-state index in [2.05, 4.69) is 76.5 Å². The molecule has 6 rings (SSSR count). The molecule has 0 spiro atoms. The van der Waals surface area contributed by atoms with Gasteiger partial charge < -0.3 is 0 Å². The Morgan fingerprint density at radius 2 is 1.18 bits per heavy atom. The molecule has 0 atom stereocenters. The average Bonchev–Trinajstić information content (AvgIpc) is 3.38. The zero-order valence-corrected chi connectivity index (χ0v) is 21.4. The van der Waals surface area contributed by atoms with Gasteiger partial charge in [-0.25, -0.2) is 9.07 Å². The largest absolute Gasteiger partial charge is 0.297 e. The lowest BCUT2D eigenvalue weighted by atomic mass is 10.0. The number of nitrogens with zero attached hydrogens (tertiary/aromatic N) is 4. The molecule has 1 saturated heterocycles. The van der Waals surface area contributed by atoms with Crippen molar-refractivity contribution in [3.05, 3.63) is 132 Å². The minimum absolute atomic E-state index is 0.232. The van der Waals surface area contributed by atoms with Gasteiger partial charge in [-0.15, -0.1) is 0 Å². The molecule has 4 nitrogen and oxygen atoms in total. The minimum atomic E-state index is -0.232. The van der Waals surface area contributed by atoms with E-state index in [-0.39, 0.29) is 5.82 Å². The molecular weight excluding hydrogens is 471 g/mol. The first-order chi connectivity index (χ1) is 18.7. The third kappa shape index (κ3) is 5.30. The van der Waals surface area contributed by atoms with Gasteiger partial charge in [0.05, 0.1) is 17.6 Å². The second-order valence-electron chi connectivity index (χ2n) is 9.86. The van der Waals surface area contributed by atoms with Gasteiger partial charge in [-0.05, 0) is 41.0 Å². The second kappa shape index (κ2) is 11.1. The smallest absolute Gasteiger partial charge is 0.132 e. The monoisotopic (exact) mass is 502 g/mol. The van der Waals surface area contributed by atoms with E-state index in [1.165, 1.54) is 17.2 Å². The number of halogens is 1. The number of rotatable bonds is 7. The summed E-state index contributed by atoms with van der Waals surface area (Å²) in [6, 6.07) is 36.3. The first kappa shape index (κ1) is 24.3. The summed E-state index contributed by atoms with van der Waals surface area (Å²) < 4.78 is 17.0. The molecule has 5 aromatic rings. The van der Waals surface area contributed by atoms with Crippen molar-refractivity contribution in [1.82, 2.24) is 19.6 Å². The zero-order chi connectivity index (χ0) is 25.7. The topological polar surface area (TPSA) is 24.3 Å². The SMILES string of the molecule is Fc1ccccc1-c1c(CN2CCN(Cc3ccccc3)CC2)cnn1-c1ccc(-c2ccccc2)cc1. The van der Waals surface area contributed by atoms with Gasteiger partial charge in [-0.2, -0.15) is 5.10 Å². The van der Waals surface area contributed by atoms with Gasteiger partial charge in [0.1, 0.15) is 5.82 Å². The Labute approximate surface area is 223 Å². The molecule has 190 valence electrons. The highest BCUT2D eigenvalue weighted by molar-refractivity contribution is 5.68. The molecule has 0 aliphatic carbocycles. The lowest BCUT2D eigenvalue weighted by Gasteiger charge is -2.34. The van der Waals surface area contributed by atoms with Gasteiger partial charge in [0.25, 0.3) is 0 Å². The molecule has 5 heteroatoms. The maximum Gasteiger partial charge on any atom is 0.132 e. The summed E-state index contributed by atoms with van der Waals surface area (Å²) in [5.74, 6) is -0.232. The molecule has 4 aromatic carbocycles. The zero-order valence-electron chi connectivity index (χ0n) is 21.4. The van der Waals surface area contributed by atoms with Crippen LogP contribution in [0.25, 0.3) is 28.1 Å². The van der Waals surface area contributed by atoms with Crippen molar-refractivity contribution in [3.63, 3.8) is 0 Å². The standard InChI is InChI=1S/C33H31FN4/c34-32-14-8-7-13-31(32)33-29(25-37-21-19-36(20-22-37)24-26-9-3-1-4-10-26)23-35-38(33)30-17-15-28(16-18-30)27-11-5-2-6-12-27/h1-18,23H,19-22,24-25H2. The number of benzene rings is 4. The Hall–Kier alpha value is -4.06. The van der Waals surface area contributed by atoms with E-state index in [1.807, 2.05) is 41.2 Å². The maximum atomic E-state index is 15.1. The number of piperazine rings is 1. The quantitative estimate of drug-likeness (QED) is 0.249. The molecule has 0 amide bonds. The second-order valence-corrected chi connectivity index (χ2v) is 9.86. The Balaban J connectivity index is 1.24. The van der Waals surface area contributed by atoms with Crippen molar-refractivity contribution >= 4 is 0 Å². The van der Waals surface area contributed by atoms with Crippen LogP contribution in [0.2, 0.25) is 0 Å². The van der Waals surface area contributed by atoms with E-state index < -0.39 is 0 Å². The first-order valence-electron chi connectivity index (χ1n) is 13.2. The summed E-state index contributed by atoms with van der Waals surface area (Å²) in [4.78, 5) is 4.95. The third-order valence-electron chi connectivity index (χ3n) is 7.30. The minimum Gasteiger partial charge on any atom is -0.297 e. The molecular formula is C33H31FN4. The fraction of sp³-hybridized carbons (Fsp3) is 0.182. The summed E-state index contributed by atoms with van der Waals surface area (Å²) >= 11 is 0. The summed E-state index contributed by atoms with van der Waals surface area (Å²) in [7, 11) is 0. The van der Waals surface area contributed by atoms with Gasteiger partial charge >= 0.3 is 0 Å². The molecule has 0 unspecified atom stereocenters. The van der Waals surface area contributed by atoms with Crippen molar-refractivity contribution in [2.45, 2.75) is 13.1 Å². The van der Waals surface area contributed by atoms with E-state index in [1.54, 1.807) is 6.07 Å². The molecule has 1 aliphatic heterocycles. The Kier molecular flexibility index (Phi) is 7.12. The van der Waals surface area contributed by atoms with E-state index >= 15 is 4.39 Å². The molecule has 0 bridgehead atoms. The van der Waals surface area contributed by atoms with E-state index in [4.69, 9.17) is 5.10 Å². The first-order valence-corrected chi connectivity index (χ1v) is 13.2. The number of hydrogen-bond acceptors (Lipinski definition) is 3. The van der Waals surface area contributed by atoms with Crippen LogP contribution in [0.5, 0.6) is 0 Å². The van der Waals surface area contributed by atoms with Gasteiger partial charge in [-0.3, -0.25) is 9.80 Å². The van der Waals surface area contributed by atoms with Crippen LogP contribution in [0.4, 0.5) is 4.39 Å². The van der Waals surface area contributed by atoms with Crippen molar-refractivity contribution in [3.8, 4) is 28.1 Å². The highest BCUT2D eigenvalue weighted by Crippen LogP contribution is 2.31. The fourth-order valence-corrected chi connectivity index (χ4v) is 5.25. The average molecular weight is 503 g/mol. The Bertz CT molecular complexity index is 1470. The predicted molar refractivity (Wildman–Crippen MR) is 151 cm³/mol. The van der Waals surface area contributed by atoms with E-state index in [9.17, 15) is 0 Å². The van der Waals surface area contributed by atoms with Gasteiger partial charge in [0.2, 0.25) is 0 Å². The van der Waals surface area contributed by atoms with Gasteiger partial charge in [0, 0.05) is 50.4 Å². The maximum absolute atomic E-state index is 15.1. The predicted octanol–water partition coefficient (Wildman–Crippen LogP) is 6.66. The van der Waals surface area contributed by atoms with Crippen molar-refractivity contribution in [2.24, 2.45) is 0 Å². The lowest BCUT2D eigenvalue weighted by molar-refractivity contribution is 0.122. The van der Waals surface area contributed by atoms with Crippen LogP contribution in [0.3, 0.4) is 0 Å². The Morgan fingerprint density at radius 1 is 0.605 bits per heavy atom. The summed E-state index contributed by atoms with van der Waals surface area (Å²) in [6.45, 7) is 5.69. The van der Waals surface area contributed by atoms with Crippen molar-refractivity contribution in [1.29, 1.82) is 0 Å². The van der Waals surface area contributed by atoms with Gasteiger partial charge in [0.15, 0.2) is 0 Å². The van der Waals surface area contributed by atoms with Crippen molar-refractivity contribution < 1.29 is 4.39 Å². The highest BCUT2D eigenvalue weighted by Gasteiger charge is 2.22. The molecule has 1 aliphatic rings. The van der Waals surface area contributed by atoms with Crippen LogP contribution in [0, 0.1) is 5.82 Å². The molecule has 1 fully saturated rings. The van der Waals surface area contributed by atoms with Crippen LogP contribution in [-0.2, 0) is 13.1 Å². The summed E-state index contributed by atoms with van der Waals surface area (Å²) in [6.07, 6.45) is 1.91.